The first-order valence-electron chi connectivity index (χ1n) is 5.13. The molecule has 2 aliphatic carbocycles. The molecular formula is C10H14N2S. The van der Waals surface area contributed by atoms with E-state index in [0.717, 1.165) is 23.5 Å². The maximum atomic E-state index is 4.67. The smallest absolute Gasteiger partial charge is 0.183 e. The minimum absolute atomic E-state index is 0.809. The fraction of sp³-hybridized carbons (Fsp3) is 0.700. The average molecular weight is 194 g/mol. The Kier molecular flexibility index (Phi) is 1.62. The molecule has 0 aromatic carbocycles. The topological polar surface area (TPSA) is 24.9 Å². The van der Waals surface area contributed by atoms with Crippen LogP contribution < -0.4 is 5.32 Å². The Morgan fingerprint density at radius 1 is 1.46 bits per heavy atom. The Labute approximate surface area is 82.4 Å². The van der Waals surface area contributed by atoms with E-state index in [0.29, 0.717) is 0 Å². The molecule has 1 aromatic heterocycles. The molecule has 2 unspecified atom stereocenters. The molecular weight excluding hydrogens is 180 g/mol. The van der Waals surface area contributed by atoms with Crippen LogP contribution in [0.15, 0.2) is 0 Å². The van der Waals surface area contributed by atoms with Crippen molar-refractivity contribution in [3.63, 3.8) is 0 Å². The van der Waals surface area contributed by atoms with Gasteiger partial charge in [0.25, 0.3) is 0 Å². The molecule has 1 N–H and O–H groups in total. The van der Waals surface area contributed by atoms with Gasteiger partial charge in [0, 0.05) is 17.3 Å². The number of hydrogen-bond acceptors (Lipinski definition) is 3. The summed E-state index contributed by atoms with van der Waals surface area (Å²) in [5.74, 6) is 1.67. The van der Waals surface area contributed by atoms with Gasteiger partial charge in [-0.15, -0.1) is 11.3 Å². The van der Waals surface area contributed by atoms with Gasteiger partial charge < -0.3 is 5.32 Å². The summed E-state index contributed by atoms with van der Waals surface area (Å²) < 4.78 is 0. The first kappa shape index (κ1) is 7.80. The monoisotopic (exact) mass is 194 g/mol. The van der Waals surface area contributed by atoms with E-state index >= 15 is 0 Å². The van der Waals surface area contributed by atoms with Crippen molar-refractivity contribution in [1.82, 2.24) is 4.98 Å². The number of anilines is 1. The highest BCUT2D eigenvalue weighted by molar-refractivity contribution is 7.15. The number of thiazole rings is 1. The van der Waals surface area contributed by atoms with E-state index in [1.165, 1.54) is 25.0 Å². The summed E-state index contributed by atoms with van der Waals surface area (Å²) in [6.07, 6.45) is 4.18. The third-order valence-corrected chi connectivity index (χ3v) is 4.39. The second kappa shape index (κ2) is 2.71. The van der Waals surface area contributed by atoms with Gasteiger partial charge in [-0.05, 0) is 32.1 Å². The zero-order chi connectivity index (χ0) is 8.84. The molecule has 1 saturated carbocycles. The van der Waals surface area contributed by atoms with Crippen LogP contribution in [0.5, 0.6) is 0 Å². The van der Waals surface area contributed by atoms with Crippen molar-refractivity contribution >= 4 is 16.5 Å². The van der Waals surface area contributed by atoms with E-state index in [-0.39, 0.29) is 0 Å². The number of nitrogens with zero attached hydrogens (tertiary/aromatic N) is 1. The molecule has 1 fully saturated rings. The lowest BCUT2D eigenvalue weighted by atomic mass is 10.0. The lowest BCUT2D eigenvalue weighted by molar-refractivity contribution is 0.709. The molecule has 2 atom stereocenters. The molecule has 13 heavy (non-hydrogen) atoms. The van der Waals surface area contributed by atoms with Gasteiger partial charge in [0.2, 0.25) is 0 Å². The van der Waals surface area contributed by atoms with Crippen LogP contribution in [0, 0.1) is 0 Å². The Hall–Kier alpha value is -0.570. The molecule has 1 aromatic rings. The van der Waals surface area contributed by atoms with Gasteiger partial charge in [-0.1, -0.05) is 0 Å². The van der Waals surface area contributed by atoms with Gasteiger partial charge in [0.05, 0.1) is 5.69 Å². The van der Waals surface area contributed by atoms with Crippen molar-refractivity contribution < 1.29 is 0 Å². The van der Waals surface area contributed by atoms with E-state index in [1.807, 2.05) is 11.3 Å². The zero-order valence-electron chi connectivity index (χ0n) is 7.84. The van der Waals surface area contributed by atoms with Crippen LogP contribution in [0.4, 0.5) is 5.13 Å². The highest BCUT2D eigenvalue weighted by atomic mass is 32.1. The summed E-state index contributed by atoms with van der Waals surface area (Å²) in [6, 6.07) is 0. The van der Waals surface area contributed by atoms with Crippen molar-refractivity contribution in [3.8, 4) is 0 Å². The lowest BCUT2D eigenvalue weighted by Crippen LogP contribution is -1.97. The van der Waals surface area contributed by atoms with Crippen molar-refractivity contribution in [2.45, 2.75) is 38.0 Å². The highest BCUT2D eigenvalue weighted by Crippen LogP contribution is 2.55. The molecule has 70 valence electrons. The summed E-state index contributed by atoms with van der Waals surface area (Å²) in [5, 5.41) is 4.46. The van der Waals surface area contributed by atoms with E-state index in [1.54, 1.807) is 4.88 Å². The number of rotatable bonds is 2. The molecule has 3 heteroatoms. The maximum absolute atomic E-state index is 4.67. The Balaban J connectivity index is 1.97. The molecule has 0 amide bonds. The number of fused-ring (bicyclic) bond motifs is 5. The second-order valence-electron chi connectivity index (χ2n) is 4.01. The second-order valence-corrected chi connectivity index (χ2v) is 5.04. The molecule has 2 bridgehead atoms. The van der Waals surface area contributed by atoms with Gasteiger partial charge in [-0.2, -0.15) is 0 Å². The van der Waals surface area contributed by atoms with Crippen LogP contribution >= 0.6 is 11.3 Å². The Morgan fingerprint density at radius 3 is 3.08 bits per heavy atom. The SMILES string of the molecule is CCNc1nc2c(s1)C1CCC2C1. The molecule has 0 spiro atoms. The number of aromatic nitrogens is 1. The Bertz CT molecular complexity index is 304. The van der Waals surface area contributed by atoms with Gasteiger partial charge >= 0.3 is 0 Å². The van der Waals surface area contributed by atoms with E-state index in [9.17, 15) is 0 Å². The first-order valence-corrected chi connectivity index (χ1v) is 5.94. The lowest BCUT2D eigenvalue weighted by Gasteiger charge is -2.06. The summed E-state index contributed by atoms with van der Waals surface area (Å²) in [4.78, 5) is 6.26. The Morgan fingerprint density at radius 2 is 2.31 bits per heavy atom. The number of hydrogen-bond donors (Lipinski definition) is 1. The summed E-state index contributed by atoms with van der Waals surface area (Å²) in [7, 11) is 0. The molecule has 0 aliphatic heterocycles. The van der Waals surface area contributed by atoms with Gasteiger partial charge in [-0.25, -0.2) is 4.98 Å². The van der Waals surface area contributed by atoms with Crippen LogP contribution in [0.1, 0.15) is 48.6 Å². The van der Waals surface area contributed by atoms with Crippen LogP contribution in [-0.4, -0.2) is 11.5 Å². The summed E-state index contributed by atoms with van der Waals surface area (Å²) in [6.45, 7) is 3.11. The molecule has 2 aliphatic rings. The van der Waals surface area contributed by atoms with Crippen LogP contribution in [-0.2, 0) is 0 Å². The minimum Gasteiger partial charge on any atom is -0.362 e. The fourth-order valence-corrected chi connectivity index (χ4v) is 3.89. The van der Waals surface area contributed by atoms with E-state index < -0.39 is 0 Å². The van der Waals surface area contributed by atoms with Crippen LogP contribution in [0.25, 0.3) is 0 Å². The van der Waals surface area contributed by atoms with Gasteiger partial charge in [0.15, 0.2) is 5.13 Å². The zero-order valence-corrected chi connectivity index (χ0v) is 8.66. The van der Waals surface area contributed by atoms with Crippen molar-refractivity contribution in [2.24, 2.45) is 0 Å². The van der Waals surface area contributed by atoms with Gasteiger partial charge in [0.1, 0.15) is 0 Å². The predicted octanol–water partition coefficient (Wildman–Crippen LogP) is 2.94. The average Bonchev–Trinajstić information content (AvgIpc) is 2.72. The van der Waals surface area contributed by atoms with Crippen molar-refractivity contribution in [3.05, 3.63) is 10.6 Å². The van der Waals surface area contributed by atoms with Crippen LogP contribution in [0.3, 0.4) is 0 Å². The van der Waals surface area contributed by atoms with Gasteiger partial charge in [-0.3, -0.25) is 0 Å². The predicted molar refractivity (Wildman–Crippen MR) is 55.6 cm³/mol. The van der Waals surface area contributed by atoms with E-state index in [2.05, 4.69) is 17.2 Å². The molecule has 3 rings (SSSR count). The normalized spacial score (nSPS) is 29.3. The summed E-state index contributed by atoms with van der Waals surface area (Å²) in [5.41, 5.74) is 1.43. The summed E-state index contributed by atoms with van der Waals surface area (Å²) >= 11 is 1.89. The maximum Gasteiger partial charge on any atom is 0.183 e. The third kappa shape index (κ3) is 1.03. The minimum atomic E-state index is 0.809. The van der Waals surface area contributed by atoms with E-state index in [4.69, 9.17) is 0 Å². The molecule has 1 heterocycles. The van der Waals surface area contributed by atoms with Crippen molar-refractivity contribution in [1.29, 1.82) is 0 Å². The standard InChI is InChI=1S/C10H14N2S/c1-2-11-10-12-8-6-3-4-7(5-6)9(8)13-10/h6-7H,2-5H2,1H3,(H,11,12). The quantitative estimate of drug-likeness (QED) is 0.783. The number of nitrogens with one attached hydrogen (secondary N) is 1. The largest absolute Gasteiger partial charge is 0.362 e. The molecule has 2 nitrogen and oxygen atoms in total. The third-order valence-electron chi connectivity index (χ3n) is 3.20. The highest BCUT2D eigenvalue weighted by Gasteiger charge is 2.39. The van der Waals surface area contributed by atoms with Crippen molar-refractivity contribution in [2.75, 3.05) is 11.9 Å². The molecule has 0 saturated heterocycles. The first-order chi connectivity index (χ1) is 6.38. The fourth-order valence-electron chi connectivity index (χ4n) is 2.62. The molecule has 0 radical (unpaired) electrons. The van der Waals surface area contributed by atoms with Crippen LogP contribution in [0.2, 0.25) is 0 Å².